The normalized spacial score (nSPS) is 10.8. The van der Waals surface area contributed by atoms with E-state index in [1.165, 1.54) is 6.07 Å². The van der Waals surface area contributed by atoms with Crippen molar-refractivity contribution in [2.75, 3.05) is 5.32 Å². The number of nitrogens with one attached hydrogen (secondary N) is 1. The van der Waals surface area contributed by atoms with Gasteiger partial charge in [0.2, 0.25) is 5.91 Å². The van der Waals surface area contributed by atoms with Gasteiger partial charge in [-0.3, -0.25) is 4.79 Å². The highest BCUT2D eigenvalue weighted by Crippen LogP contribution is 2.23. The number of carbonyl (C=O) groups is 1. The number of nitriles is 1. The molecule has 0 aliphatic rings. The van der Waals surface area contributed by atoms with Gasteiger partial charge in [0.05, 0.1) is 17.7 Å². The molecule has 0 aliphatic heterocycles. The lowest BCUT2D eigenvalue weighted by Crippen LogP contribution is -2.17. The van der Waals surface area contributed by atoms with Crippen LogP contribution in [0.5, 0.6) is 0 Å². The van der Waals surface area contributed by atoms with Gasteiger partial charge < -0.3 is 5.32 Å². The van der Waals surface area contributed by atoms with Crippen LogP contribution in [-0.2, 0) is 4.79 Å². The first-order valence-corrected chi connectivity index (χ1v) is 5.20. The average molecular weight is 256 g/mol. The summed E-state index contributed by atoms with van der Waals surface area (Å²) in [6, 6.07) is 6.69. The van der Waals surface area contributed by atoms with Gasteiger partial charge in [-0.1, -0.05) is 12.1 Å². The highest BCUT2D eigenvalue weighted by molar-refractivity contribution is 5.92. The van der Waals surface area contributed by atoms with Crippen molar-refractivity contribution in [2.45, 2.75) is 25.9 Å². The van der Waals surface area contributed by atoms with Gasteiger partial charge in [0.15, 0.2) is 0 Å². The number of benzene rings is 1. The number of halogens is 3. The zero-order valence-corrected chi connectivity index (χ0v) is 9.64. The van der Waals surface area contributed by atoms with Crippen LogP contribution in [0.4, 0.5) is 18.9 Å². The smallest absolute Gasteiger partial charge is 0.325 e. The predicted molar refractivity (Wildman–Crippen MR) is 59.8 cm³/mol. The lowest BCUT2D eigenvalue weighted by Gasteiger charge is -2.09. The Bertz CT molecular complexity index is 489. The van der Waals surface area contributed by atoms with Crippen LogP contribution in [0.25, 0.3) is 0 Å². The number of rotatable bonds is 3. The van der Waals surface area contributed by atoms with E-state index in [0.29, 0.717) is 5.56 Å². The van der Waals surface area contributed by atoms with E-state index in [2.05, 4.69) is 5.32 Å². The zero-order chi connectivity index (χ0) is 13.8. The lowest BCUT2D eigenvalue weighted by molar-refractivity contribution is -0.142. The van der Waals surface area contributed by atoms with Crippen molar-refractivity contribution in [1.82, 2.24) is 0 Å². The summed E-state index contributed by atoms with van der Waals surface area (Å²) >= 11 is 0. The number of nitrogens with zero attached hydrogens (tertiary/aromatic N) is 1. The quantitative estimate of drug-likeness (QED) is 0.903. The number of amides is 1. The summed E-state index contributed by atoms with van der Waals surface area (Å²) in [7, 11) is 0. The molecule has 3 nitrogen and oxygen atoms in total. The summed E-state index contributed by atoms with van der Waals surface area (Å²) in [5.41, 5.74) is 1.16. The highest BCUT2D eigenvalue weighted by Gasteiger charge is 2.28. The molecule has 6 heteroatoms. The van der Waals surface area contributed by atoms with Gasteiger partial charge in [-0.2, -0.15) is 18.4 Å². The zero-order valence-electron chi connectivity index (χ0n) is 9.64. The third kappa shape index (κ3) is 4.09. The Morgan fingerprint density at radius 3 is 2.67 bits per heavy atom. The third-order valence-electron chi connectivity index (χ3n) is 2.29. The monoisotopic (exact) mass is 256 g/mol. The van der Waals surface area contributed by atoms with Crippen LogP contribution in [0, 0.1) is 18.3 Å². The first-order chi connectivity index (χ1) is 8.33. The number of anilines is 1. The van der Waals surface area contributed by atoms with Gasteiger partial charge in [0, 0.05) is 6.42 Å². The second kappa shape index (κ2) is 5.54. The van der Waals surface area contributed by atoms with Crippen LogP contribution in [0.1, 0.15) is 24.0 Å². The molecular weight excluding hydrogens is 245 g/mol. The van der Waals surface area contributed by atoms with E-state index in [0.717, 1.165) is 0 Å². The molecule has 0 saturated carbocycles. The van der Waals surface area contributed by atoms with E-state index < -0.39 is 24.9 Å². The van der Waals surface area contributed by atoms with Crippen molar-refractivity contribution < 1.29 is 18.0 Å². The van der Waals surface area contributed by atoms with Gasteiger partial charge >= 0.3 is 6.18 Å². The summed E-state index contributed by atoms with van der Waals surface area (Å²) in [5, 5.41) is 11.2. The van der Waals surface area contributed by atoms with Crippen molar-refractivity contribution in [2.24, 2.45) is 0 Å². The molecule has 1 aromatic carbocycles. The minimum atomic E-state index is -4.36. The fourth-order valence-electron chi connectivity index (χ4n) is 1.39. The highest BCUT2D eigenvalue weighted by atomic mass is 19.4. The van der Waals surface area contributed by atoms with Crippen LogP contribution < -0.4 is 5.32 Å². The van der Waals surface area contributed by atoms with E-state index in [1.807, 2.05) is 6.07 Å². The number of hydrogen-bond acceptors (Lipinski definition) is 2. The van der Waals surface area contributed by atoms with Gasteiger partial charge in [0.25, 0.3) is 0 Å². The Balaban J connectivity index is 2.72. The fourth-order valence-corrected chi connectivity index (χ4v) is 1.39. The maximum Gasteiger partial charge on any atom is 0.389 e. The Kier molecular flexibility index (Phi) is 4.32. The average Bonchev–Trinajstić information content (AvgIpc) is 2.26. The largest absolute Gasteiger partial charge is 0.389 e. The molecule has 0 bridgehead atoms. The molecule has 96 valence electrons. The summed E-state index contributed by atoms with van der Waals surface area (Å²) < 4.78 is 35.8. The molecule has 18 heavy (non-hydrogen) atoms. The number of hydrogen-bond donors (Lipinski definition) is 1. The maximum absolute atomic E-state index is 11.9. The van der Waals surface area contributed by atoms with Crippen molar-refractivity contribution >= 4 is 11.6 Å². The van der Waals surface area contributed by atoms with E-state index in [-0.39, 0.29) is 11.3 Å². The summed E-state index contributed by atoms with van der Waals surface area (Å²) in [4.78, 5) is 11.3. The molecule has 1 aromatic rings. The molecule has 1 rings (SSSR count). The molecule has 0 radical (unpaired) electrons. The second-order valence-electron chi connectivity index (χ2n) is 3.77. The van der Waals surface area contributed by atoms with Crippen molar-refractivity contribution in [3.63, 3.8) is 0 Å². The van der Waals surface area contributed by atoms with Crippen LogP contribution in [0.2, 0.25) is 0 Å². The Morgan fingerprint density at radius 2 is 2.11 bits per heavy atom. The molecule has 0 saturated heterocycles. The van der Waals surface area contributed by atoms with Crippen molar-refractivity contribution in [3.8, 4) is 6.07 Å². The fraction of sp³-hybridized carbons (Fsp3) is 0.333. The van der Waals surface area contributed by atoms with Crippen LogP contribution >= 0.6 is 0 Å². The van der Waals surface area contributed by atoms with Gasteiger partial charge in [0.1, 0.15) is 6.07 Å². The first kappa shape index (κ1) is 14.0. The Morgan fingerprint density at radius 1 is 1.44 bits per heavy atom. The Labute approximate surface area is 102 Å². The first-order valence-electron chi connectivity index (χ1n) is 5.20. The predicted octanol–water partition coefficient (Wildman–Crippen LogP) is 3.15. The maximum atomic E-state index is 11.9. The van der Waals surface area contributed by atoms with Crippen LogP contribution in [0.3, 0.4) is 0 Å². The number of aryl methyl sites for hydroxylation is 1. The molecule has 1 amide bonds. The Hall–Kier alpha value is -2.03. The second-order valence-corrected chi connectivity index (χ2v) is 3.77. The molecule has 0 atom stereocenters. The summed E-state index contributed by atoms with van der Waals surface area (Å²) in [6.45, 7) is 1.68. The van der Waals surface area contributed by atoms with Crippen LogP contribution in [0.15, 0.2) is 18.2 Å². The number of carbonyl (C=O) groups excluding carboxylic acids is 1. The number of alkyl halides is 3. The van der Waals surface area contributed by atoms with Gasteiger partial charge in [-0.15, -0.1) is 0 Å². The van der Waals surface area contributed by atoms with E-state index in [4.69, 9.17) is 5.26 Å². The lowest BCUT2D eigenvalue weighted by atomic mass is 10.1. The third-order valence-corrected chi connectivity index (χ3v) is 2.29. The van der Waals surface area contributed by atoms with E-state index in [1.54, 1.807) is 19.1 Å². The molecule has 0 unspecified atom stereocenters. The van der Waals surface area contributed by atoms with E-state index >= 15 is 0 Å². The molecule has 0 fully saturated rings. The minimum absolute atomic E-state index is 0.240. The molecule has 1 N–H and O–H groups in total. The topological polar surface area (TPSA) is 52.9 Å². The molecule has 0 spiro atoms. The standard InChI is InChI=1S/C12H11F3N2O/c1-8-3-2-4-10(9(8)7-16)17-11(18)5-6-12(13,14)15/h2-4H,5-6H2,1H3,(H,17,18). The molecule has 0 heterocycles. The van der Waals surface area contributed by atoms with Crippen LogP contribution in [-0.4, -0.2) is 12.1 Å². The summed E-state index contributed by atoms with van der Waals surface area (Å²) in [5.74, 6) is -0.755. The molecule has 0 aromatic heterocycles. The SMILES string of the molecule is Cc1cccc(NC(=O)CCC(F)(F)F)c1C#N. The molecule has 0 aliphatic carbocycles. The summed E-state index contributed by atoms with van der Waals surface area (Å²) in [6.07, 6.45) is -6.18. The van der Waals surface area contributed by atoms with Crippen molar-refractivity contribution in [1.29, 1.82) is 5.26 Å². The minimum Gasteiger partial charge on any atom is -0.325 e. The van der Waals surface area contributed by atoms with Gasteiger partial charge in [-0.25, -0.2) is 0 Å². The van der Waals surface area contributed by atoms with E-state index in [9.17, 15) is 18.0 Å². The van der Waals surface area contributed by atoms with Gasteiger partial charge in [-0.05, 0) is 18.6 Å². The molecular formula is C12H11F3N2O. The van der Waals surface area contributed by atoms with Crippen molar-refractivity contribution in [3.05, 3.63) is 29.3 Å².